The van der Waals surface area contributed by atoms with E-state index in [1.54, 1.807) is 6.33 Å². The minimum absolute atomic E-state index is 0.918. The number of aromatic nitrogens is 2. The second kappa shape index (κ2) is 6.11. The van der Waals surface area contributed by atoms with Gasteiger partial charge in [0.15, 0.2) is 0 Å². The summed E-state index contributed by atoms with van der Waals surface area (Å²) in [5.41, 5.74) is 5.21. The van der Waals surface area contributed by atoms with Crippen molar-refractivity contribution >= 4 is 35.2 Å². The van der Waals surface area contributed by atoms with Gasteiger partial charge in [0.1, 0.15) is 6.33 Å². The van der Waals surface area contributed by atoms with Crippen LogP contribution in [0.4, 0.5) is 0 Å². The lowest BCUT2D eigenvalue weighted by Gasteiger charge is -2.14. The first kappa shape index (κ1) is 13.9. The van der Waals surface area contributed by atoms with Crippen LogP contribution in [-0.2, 0) is 0 Å². The van der Waals surface area contributed by atoms with Crippen LogP contribution in [-0.4, -0.2) is 9.97 Å². The Morgan fingerprint density at radius 2 is 1.55 bits per heavy atom. The Balaban J connectivity index is 3.08. The summed E-state index contributed by atoms with van der Waals surface area (Å²) in [6.07, 6.45) is 15.3. The van der Waals surface area contributed by atoms with E-state index >= 15 is 0 Å². The van der Waals surface area contributed by atoms with Crippen molar-refractivity contribution in [3.8, 4) is 0 Å². The number of hydrogen-bond donors (Lipinski definition) is 0. The predicted octanol–water partition coefficient (Wildman–Crippen LogP) is 4.98. The number of hydrogen-bond acceptors (Lipinski definition) is 2. The molecule has 2 heteroatoms. The van der Waals surface area contributed by atoms with Gasteiger partial charge in [0.2, 0.25) is 0 Å². The van der Waals surface area contributed by atoms with E-state index in [9.17, 15) is 0 Å². The van der Waals surface area contributed by atoms with Crippen LogP contribution in [0.2, 0.25) is 0 Å². The highest BCUT2D eigenvalue weighted by Crippen LogP contribution is 2.32. The first-order valence-corrected chi connectivity index (χ1v) is 6.58. The first-order valence-electron chi connectivity index (χ1n) is 6.58. The van der Waals surface area contributed by atoms with E-state index in [-0.39, 0.29) is 0 Å². The van der Waals surface area contributed by atoms with E-state index in [1.807, 2.05) is 44.3 Å². The Morgan fingerprint density at radius 1 is 0.900 bits per heavy atom. The predicted molar refractivity (Wildman–Crippen MR) is 89.1 cm³/mol. The van der Waals surface area contributed by atoms with Crippen molar-refractivity contribution in [3.05, 3.63) is 60.1 Å². The summed E-state index contributed by atoms with van der Waals surface area (Å²) >= 11 is 0. The third-order valence-electron chi connectivity index (χ3n) is 3.20. The summed E-state index contributed by atoms with van der Waals surface area (Å²) in [7, 11) is 0. The minimum Gasteiger partial charge on any atom is -0.244 e. The van der Waals surface area contributed by atoms with Crippen LogP contribution in [0.3, 0.4) is 0 Å². The minimum atomic E-state index is 0.918. The zero-order valence-corrected chi connectivity index (χ0v) is 11.9. The average Bonchev–Trinajstić information content (AvgIpc) is 2.48. The van der Waals surface area contributed by atoms with Gasteiger partial charge >= 0.3 is 0 Å². The highest BCUT2D eigenvalue weighted by Gasteiger charge is 2.13. The van der Waals surface area contributed by atoms with Crippen molar-refractivity contribution in [2.24, 2.45) is 0 Å². The molecule has 0 aliphatic heterocycles. The van der Waals surface area contributed by atoms with E-state index in [0.29, 0.717) is 0 Å². The fraction of sp³-hybridized carbons (Fsp3) is 0.111. The quantitative estimate of drug-likeness (QED) is 0.776. The highest BCUT2D eigenvalue weighted by atomic mass is 14.8. The zero-order valence-electron chi connectivity index (χ0n) is 11.9. The maximum absolute atomic E-state index is 4.43. The Kier molecular flexibility index (Phi) is 4.26. The van der Waals surface area contributed by atoms with E-state index in [0.717, 1.165) is 33.2 Å². The molecule has 0 atom stereocenters. The third-order valence-corrected chi connectivity index (χ3v) is 3.20. The lowest BCUT2D eigenvalue weighted by molar-refractivity contribution is 1.22. The third kappa shape index (κ3) is 2.21. The van der Waals surface area contributed by atoms with E-state index in [4.69, 9.17) is 0 Å². The SMILES string of the molecule is C=Cc1c(/C=C\C)c(C=C)c2ncncc2c1/C=C\C. The molecular weight excluding hydrogens is 244 g/mol. The average molecular weight is 262 g/mol. The van der Waals surface area contributed by atoms with Crippen molar-refractivity contribution < 1.29 is 0 Å². The first-order chi connectivity index (χ1) is 9.78. The van der Waals surface area contributed by atoms with Crippen LogP contribution in [0.15, 0.2) is 37.8 Å². The van der Waals surface area contributed by atoms with Gasteiger partial charge in [-0.1, -0.05) is 49.6 Å². The van der Waals surface area contributed by atoms with Crippen molar-refractivity contribution in [3.63, 3.8) is 0 Å². The Labute approximate surface area is 119 Å². The monoisotopic (exact) mass is 262 g/mol. The summed E-state index contributed by atoms with van der Waals surface area (Å²) in [5.74, 6) is 0. The molecule has 0 N–H and O–H groups in total. The highest BCUT2D eigenvalue weighted by molar-refractivity contribution is 6.00. The number of nitrogens with zero attached hydrogens (tertiary/aromatic N) is 2. The van der Waals surface area contributed by atoms with Gasteiger partial charge in [-0.25, -0.2) is 9.97 Å². The maximum Gasteiger partial charge on any atom is 0.116 e. The number of rotatable bonds is 4. The molecule has 0 saturated carbocycles. The number of fused-ring (bicyclic) bond motifs is 1. The lowest BCUT2D eigenvalue weighted by atomic mass is 9.91. The van der Waals surface area contributed by atoms with Gasteiger partial charge in [0.25, 0.3) is 0 Å². The molecule has 100 valence electrons. The van der Waals surface area contributed by atoms with Crippen molar-refractivity contribution in [2.45, 2.75) is 13.8 Å². The summed E-state index contributed by atoms with van der Waals surface area (Å²) < 4.78 is 0. The van der Waals surface area contributed by atoms with Crippen LogP contribution in [0.25, 0.3) is 35.2 Å². The summed E-state index contributed by atoms with van der Waals surface area (Å²) in [6, 6.07) is 0. The molecule has 1 aromatic heterocycles. The molecule has 0 spiro atoms. The summed E-state index contributed by atoms with van der Waals surface area (Å²) in [5, 5.41) is 1.02. The standard InChI is InChI=1S/C18H18N2/c1-5-9-15-13(7-3)16(10-6-2)17-11-19-12-20-18(17)14(15)8-4/h5-12H,3-4H2,1-2H3/b9-5-,10-6-. The number of benzene rings is 1. The topological polar surface area (TPSA) is 25.8 Å². The molecule has 20 heavy (non-hydrogen) atoms. The molecule has 0 radical (unpaired) electrons. The molecule has 2 rings (SSSR count). The Bertz CT molecular complexity index is 722. The Hall–Kier alpha value is -2.48. The zero-order chi connectivity index (χ0) is 14.5. The van der Waals surface area contributed by atoms with E-state index in [2.05, 4.69) is 35.3 Å². The Morgan fingerprint density at radius 3 is 2.15 bits per heavy atom. The fourth-order valence-corrected chi connectivity index (χ4v) is 2.42. The van der Waals surface area contributed by atoms with Crippen molar-refractivity contribution in [1.82, 2.24) is 9.97 Å². The van der Waals surface area contributed by atoms with E-state index in [1.165, 1.54) is 0 Å². The summed E-state index contributed by atoms with van der Waals surface area (Å²) in [6.45, 7) is 11.9. The molecule has 0 bridgehead atoms. The van der Waals surface area contributed by atoms with Gasteiger partial charge in [-0.05, 0) is 30.5 Å². The van der Waals surface area contributed by atoms with Crippen LogP contribution in [0, 0.1) is 0 Å². The molecule has 0 unspecified atom stereocenters. The van der Waals surface area contributed by atoms with Gasteiger partial charge in [0.05, 0.1) is 5.52 Å². The van der Waals surface area contributed by atoms with Gasteiger partial charge in [-0.2, -0.15) is 0 Å². The molecule has 0 aliphatic rings. The van der Waals surface area contributed by atoms with Gasteiger partial charge in [-0.15, -0.1) is 0 Å². The summed E-state index contributed by atoms with van der Waals surface area (Å²) in [4.78, 5) is 8.58. The molecule has 0 saturated heterocycles. The van der Waals surface area contributed by atoms with Crippen LogP contribution in [0.5, 0.6) is 0 Å². The molecule has 0 aliphatic carbocycles. The molecule has 1 aromatic carbocycles. The molecule has 0 fully saturated rings. The normalized spacial score (nSPS) is 11.5. The smallest absolute Gasteiger partial charge is 0.116 e. The van der Waals surface area contributed by atoms with Gasteiger partial charge in [0, 0.05) is 17.1 Å². The molecular formula is C18H18N2. The maximum atomic E-state index is 4.43. The van der Waals surface area contributed by atoms with Crippen LogP contribution >= 0.6 is 0 Å². The van der Waals surface area contributed by atoms with Crippen molar-refractivity contribution in [1.29, 1.82) is 0 Å². The van der Waals surface area contributed by atoms with Gasteiger partial charge in [-0.3, -0.25) is 0 Å². The lowest BCUT2D eigenvalue weighted by Crippen LogP contribution is -1.97. The van der Waals surface area contributed by atoms with E-state index < -0.39 is 0 Å². The molecule has 1 heterocycles. The van der Waals surface area contributed by atoms with Crippen molar-refractivity contribution in [2.75, 3.05) is 0 Å². The fourth-order valence-electron chi connectivity index (χ4n) is 2.42. The molecule has 2 nitrogen and oxygen atoms in total. The van der Waals surface area contributed by atoms with Crippen LogP contribution in [0.1, 0.15) is 36.1 Å². The second-order valence-corrected chi connectivity index (χ2v) is 4.35. The second-order valence-electron chi connectivity index (χ2n) is 4.35. The molecule has 2 aromatic rings. The largest absolute Gasteiger partial charge is 0.244 e. The van der Waals surface area contributed by atoms with Gasteiger partial charge < -0.3 is 0 Å². The number of allylic oxidation sites excluding steroid dienone is 2. The van der Waals surface area contributed by atoms with Crippen LogP contribution < -0.4 is 0 Å². The molecule has 0 amide bonds.